The minimum absolute atomic E-state index is 0.0211. The SMILES string of the molecule is O=C(CC1CCCC1)N1CC(n2cc(C(=O)N3CCCC3)nn2)C1. The third-order valence-corrected chi connectivity index (χ3v) is 5.65. The topological polar surface area (TPSA) is 71.3 Å². The monoisotopic (exact) mass is 331 g/mol. The van der Waals surface area contributed by atoms with Gasteiger partial charge in [0.25, 0.3) is 5.91 Å². The lowest BCUT2D eigenvalue weighted by Gasteiger charge is -2.39. The van der Waals surface area contributed by atoms with Crippen LogP contribution in [0.4, 0.5) is 0 Å². The Morgan fingerprint density at radius 1 is 1.04 bits per heavy atom. The molecule has 7 nitrogen and oxygen atoms in total. The molecule has 0 atom stereocenters. The van der Waals surface area contributed by atoms with Crippen LogP contribution in [0.5, 0.6) is 0 Å². The molecule has 0 radical (unpaired) electrons. The Hall–Kier alpha value is -1.92. The fraction of sp³-hybridized carbons (Fsp3) is 0.765. The number of carbonyl (C=O) groups excluding carboxylic acids is 2. The summed E-state index contributed by atoms with van der Waals surface area (Å²) in [4.78, 5) is 28.3. The molecule has 2 saturated heterocycles. The average molecular weight is 331 g/mol. The highest BCUT2D eigenvalue weighted by molar-refractivity contribution is 5.92. The first-order valence-corrected chi connectivity index (χ1v) is 9.19. The van der Waals surface area contributed by atoms with Crippen LogP contribution >= 0.6 is 0 Å². The van der Waals surface area contributed by atoms with Gasteiger partial charge in [-0.3, -0.25) is 9.59 Å². The van der Waals surface area contributed by atoms with Gasteiger partial charge in [0, 0.05) is 32.6 Å². The highest BCUT2D eigenvalue weighted by Gasteiger charge is 2.34. The van der Waals surface area contributed by atoms with Gasteiger partial charge in [-0.15, -0.1) is 5.10 Å². The lowest BCUT2D eigenvalue weighted by atomic mass is 10.0. The maximum Gasteiger partial charge on any atom is 0.276 e. The Labute approximate surface area is 142 Å². The van der Waals surface area contributed by atoms with E-state index in [1.807, 2.05) is 9.80 Å². The molecule has 130 valence electrons. The normalized spacial score (nSPS) is 22.2. The van der Waals surface area contributed by atoms with Gasteiger partial charge in [-0.1, -0.05) is 18.1 Å². The van der Waals surface area contributed by atoms with E-state index >= 15 is 0 Å². The molecule has 3 aliphatic rings. The predicted octanol–water partition coefficient (Wildman–Crippen LogP) is 1.48. The molecule has 1 aromatic rings. The van der Waals surface area contributed by atoms with Crippen molar-refractivity contribution in [2.45, 2.75) is 51.0 Å². The summed E-state index contributed by atoms with van der Waals surface area (Å²) < 4.78 is 1.75. The standard InChI is InChI=1S/C17H25N5O2/c23-16(9-13-5-1-2-6-13)21-10-14(11-21)22-12-15(18-19-22)17(24)20-7-3-4-8-20/h12-14H,1-11H2. The van der Waals surface area contributed by atoms with E-state index in [1.165, 1.54) is 25.7 Å². The summed E-state index contributed by atoms with van der Waals surface area (Å²) in [6.45, 7) is 3.01. The number of aromatic nitrogens is 3. The lowest BCUT2D eigenvalue weighted by Crippen LogP contribution is -2.51. The molecule has 1 aliphatic carbocycles. The molecular weight excluding hydrogens is 306 g/mol. The molecule has 4 rings (SSSR count). The smallest absolute Gasteiger partial charge is 0.276 e. The third kappa shape index (κ3) is 3.03. The summed E-state index contributed by atoms with van der Waals surface area (Å²) >= 11 is 0. The quantitative estimate of drug-likeness (QED) is 0.838. The Kier molecular flexibility index (Phi) is 4.24. The van der Waals surface area contributed by atoms with Crippen LogP contribution in [0.3, 0.4) is 0 Å². The Morgan fingerprint density at radius 3 is 2.46 bits per heavy atom. The van der Waals surface area contributed by atoms with Crippen LogP contribution in [0.15, 0.2) is 6.20 Å². The predicted molar refractivity (Wildman–Crippen MR) is 87.4 cm³/mol. The van der Waals surface area contributed by atoms with Crippen LogP contribution in [-0.4, -0.2) is 62.8 Å². The minimum atomic E-state index is -0.0211. The van der Waals surface area contributed by atoms with E-state index in [0.29, 0.717) is 31.1 Å². The van der Waals surface area contributed by atoms with Crippen molar-refractivity contribution in [2.24, 2.45) is 5.92 Å². The van der Waals surface area contributed by atoms with Crippen molar-refractivity contribution in [1.29, 1.82) is 0 Å². The van der Waals surface area contributed by atoms with Gasteiger partial charge in [0.15, 0.2) is 5.69 Å². The number of nitrogens with zero attached hydrogens (tertiary/aromatic N) is 5. The van der Waals surface area contributed by atoms with Gasteiger partial charge in [0.2, 0.25) is 5.91 Å². The van der Waals surface area contributed by atoms with Gasteiger partial charge in [0.05, 0.1) is 12.2 Å². The second kappa shape index (κ2) is 6.53. The highest BCUT2D eigenvalue weighted by atomic mass is 16.2. The van der Waals surface area contributed by atoms with E-state index in [0.717, 1.165) is 25.9 Å². The van der Waals surface area contributed by atoms with Crippen LogP contribution in [0.25, 0.3) is 0 Å². The van der Waals surface area contributed by atoms with Crippen molar-refractivity contribution < 1.29 is 9.59 Å². The molecule has 7 heteroatoms. The first kappa shape index (κ1) is 15.6. The van der Waals surface area contributed by atoms with Crippen molar-refractivity contribution in [3.05, 3.63) is 11.9 Å². The molecule has 2 amide bonds. The average Bonchev–Trinajstić information content (AvgIpc) is 3.28. The largest absolute Gasteiger partial charge is 0.338 e. The van der Waals surface area contributed by atoms with Crippen molar-refractivity contribution in [1.82, 2.24) is 24.8 Å². The van der Waals surface area contributed by atoms with Gasteiger partial charge >= 0.3 is 0 Å². The molecular formula is C17H25N5O2. The minimum Gasteiger partial charge on any atom is -0.338 e. The third-order valence-electron chi connectivity index (χ3n) is 5.65. The zero-order chi connectivity index (χ0) is 16.5. The second-order valence-corrected chi connectivity index (χ2v) is 7.39. The summed E-state index contributed by atoms with van der Waals surface area (Å²) in [6, 6.07) is 0.158. The van der Waals surface area contributed by atoms with Gasteiger partial charge < -0.3 is 9.80 Å². The fourth-order valence-electron chi connectivity index (χ4n) is 4.05. The molecule has 1 aromatic heterocycles. The Morgan fingerprint density at radius 2 is 1.75 bits per heavy atom. The first-order valence-electron chi connectivity index (χ1n) is 9.19. The van der Waals surface area contributed by atoms with Crippen LogP contribution in [0.1, 0.15) is 61.5 Å². The molecule has 0 aromatic carbocycles. The number of likely N-dealkylation sites (tertiary alicyclic amines) is 2. The van der Waals surface area contributed by atoms with Gasteiger partial charge in [-0.05, 0) is 31.6 Å². The Bertz CT molecular complexity index is 610. The lowest BCUT2D eigenvalue weighted by molar-refractivity contribution is -0.138. The van der Waals surface area contributed by atoms with Crippen LogP contribution < -0.4 is 0 Å². The molecule has 3 fully saturated rings. The number of amides is 2. The summed E-state index contributed by atoms with van der Waals surface area (Å²) in [5, 5.41) is 8.14. The van der Waals surface area contributed by atoms with Crippen molar-refractivity contribution in [2.75, 3.05) is 26.2 Å². The molecule has 0 bridgehead atoms. The first-order chi connectivity index (χ1) is 11.7. The molecule has 0 unspecified atom stereocenters. The van der Waals surface area contributed by atoms with Crippen LogP contribution in [-0.2, 0) is 4.79 Å². The maximum atomic E-state index is 12.3. The fourth-order valence-corrected chi connectivity index (χ4v) is 4.05. The van der Waals surface area contributed by atoms with Gasteiger partial charge in [0.1, 0.15) is 0 Å². The number of hydrogen-bond acceptors (Lipinski definition) is 4. The Balaban J connectivity index is 1.29. The maximum absolute atomic E-state index is 12.3. The van der Waals surface area contributed by atoms with E-state index in [4.69, 9.17) is 0 Å². The number of rotatable bonds is 4. The van der Waals surface area contributed by atoms with Crippen molar-refractivity contribution in [3.8, 4) is 0 Å². The van der Waals surface area contributed by atoms with E-state index < -0.39 is 0 Å². The summed E-state index contributed by atoms with van der Waals surface area (Å²) in [5.41, 5.74) is 0.424. The summed E-state index contributed by atoms with van der Waals surface area (Å²) in [7, 11) is 0. The van der Waals surface area contributed by atoms with Gasteiger partial charge in [-0.25, -0.2) is 4.68 Å². The zero-order valence-electron chi connectivity index (χ0n) is 14.1. The van der Waals surface area contributed by atoms with E-state index in [-0.39, 0.29) is 17.9 Å². The summed E-state index contributed by atoms with van der Waals surface area (Å²) in [6.07, 6.45) is 9.52. The zero-order valence-corrected chi connectivity index (χ0v) is 14.1. The number of carbonyl (C=O) groups is 2. The van der Waals surface area contributed by atoms with Crippen LogP contribution in [0, 0.1) is 5.92 Å². The molecule has 1 saturated carbocycles. The van der Waals surface area contributed by atoms with E-state index in [2.05, 4.69) is 10.3 Å². The highest BCUT2D eigenvalue weighted by Crippen LogP contribution is 2.30. The van der Waals surface area contributed by atoms with Gasteiger partial charge in [-0.2, -0.15) is 0 Å². The van der Waals surface area contributed by atoms with Crippen LogP contribution in [0.2, 0.25) is 0 Å². The molecule has 0 N–H and O–H groups in total. The van der Waals surface area contributed by atoms with Crippen molar-refractivity contribution >= 4 is 11.8 Å². The summed E-state index contributed by atoms with van der Waals surface area (Å²) in [5.74, 6) is 0.839. The van der Waals surface area contributed by atoms with E-state index in [9.17, 15) is 9.59 Å². The molecule has 0 spiro atoms. The number of hydrogen-bond donors (Lipinski definition) is 0. The van der Waals surface area contributed by atoms with Crippen molar-refractivity contribution in [3.63, 3.8) is 0 Å². The van der Waals surface area contributed by atoms with E-state index in [1.54, 1.807) is 10.9 Å². The second-order valence-electron chi connectivity index (χ2n) is 7.39. The molecule has 2 aliphatic heterocycles. The molecule has 24 heavy (non-hydrogen) atoms. The molecule has 3 heterocycles.